The van der Waals surface area contributed by atoms with Crippen LogP contribution in [0.1, 0.15) is 24.5 Å². The van der Waals surface area contributed by atoms with E-state index in [-0.39, 0.29) is 12.7 Å². The minimum atomic E-state index is -0.251. The Morgan fingerprint density at radius 3 is 2.90 bits per heavy atom. The summed E-state index contributed by atoms with van der Waals surface area (Å²) in [5.74, 6) is 6.79. The number of likely N-dealkylation sites (tertiary alicyclic amines) is 1. The van der Waals surface area contributed by atoms with Crippen LogP contribution in [0, 0.1) is 17.8 Å². The highest BCUT2D eigenvalue weighted by atomic mass is 16.5. The second kappa shape index (κ2) is 7.46. The lowest BCUT2D eigenvalue weighted by Gasteiger charge is -2.19. The Morgan fingerprint density at radius 2 is 2.29 bits per heavy atom. The van der Waals surface area contributed by atoms with Crippen LogP contribution in [0.5, 0.6) is 5.75 Å². The molecule has 2 N–H and O–H groups in total. The number of rotatable bonds is 4. The molecule has 2 atom stereocenters. The van der Waals surface area contributed by atoms with E-state index in [4.69, 9.17) is 9.84 Å². The molecule has 1 aliphatic heterocycles. The number of hydrogen-bond acceptors (Lipinski definition) is 4. The lowest BCUT2D eigenvalue weighted by molar-refractivity contribution is 0.127. The molecule has 0 spiro atoms. The Bertz CT molecular complexity index is 531. The molecule has 1 heterocycles. The van der Waals surface area contributed by atoms with Crippen LogP contribution in [0.25, 0.3) is 0 Å². The Kier molecular flexibility index (Phi) is 5.63. The Balaban J connectivity index is 2.11. The van der Waals surface area contributed by atoms with Crippen molar-refractivity contribution in [1.82, 2.24) is 4.90 Å². The summed E-state index contributed by atoms with van der Waals surface area (Å²) < 4.78 is 5.42. The third-order valence-corrected chi connectivity index (χ3v) is 3.98. The molecule has 4 nitrogen and oxygen atoms in total. The second-order valence-corrected chi connectivity index (χ2v) is 5.51. The standard InChI is InChI=1S/C17H23NO3/c1-13(20)15-7-8-18(11-15)12-16-10-14(4-3-9-19)5-6-17(16)21-2/h5-6,10,13,15,19-20H,7-9,11-12H2,1-2H3. The zero-order valence-electron chi connectivity index (χ0n) is 12.7. The van der Waals surface area contributed by atoms with Gasteiger partial charge in [0.15, 0.2) is 0 Å². The summed E-state index contributed by atoms with van der Waals surface area (Å²) in [6.45, 7) is 4.42. The molecule has 0 saturated carbocycles. The van der Waals surface area contributed by atoms with Gasteiger partial charge < -0.3 is 14.9 Å². The molecule has 21 heavy (non-hydrogen) atoms. The van der Waals surface area contributed by atoms with Crippen LogP contribution in [0.2, 0.25) is 0 Å². The van der Waals surface area contributed by atoms with Gasteiger partial charge >= 0.3 is 0 Å². The van der Waals surface area contributed by atoms with Gasteiger partial charge in [0.05, 0.1) is 13.2 Å². The maximum atomic E-state index is 9.68. The summed E-state index contributed by atoms with van der Waals surface area (Å²) in [5, 5.41) is 18.5. The number of methoxy groups -OCH3 is 1. The van der Waals surface area contributed by atoms with E-state index in [1.165, 1.54) is 0 Å². The van der Waals surface area contributed by atoms with E-state index in [2.05, 4.69) is 16.7 Å². The lowest BCUT2D eigenvalue weighted by atomic mass is 10.0. The lowest BCUT2D eigenvalue weighted by Crippen LogP contribution is -2.24. The molecular formula is C17H23NO3. The van der Waals surface area contributed by atoms with Crippen molar-refractivity contribution in [2.75, 3.05) is 26.8 Å². The van der Waals surface area contributed by atoms with E-state index in [0.717, 1.165) is 42.9 Å². The number of aliphatic hydroxyl groups is 2. The molecule has 1 fully saturated rings. The number of benzene rings is 1. The van der Waals surface area contributed by atoms with Gasteiger partial charge in [-0.3, -0.25) is 4.90 Å². The van der Waals surface area contributed by atoms with Gasteiger partial charge in [-0.2, -0.15) is 0 Å². The van der Waals surface area contributed by atoms with E-state index >= 15 is 0 Å². The fraction of sp³-hybridized carbons (Fsp3) is 0.529. The zero-order valence-corrected chi connectivity index (χ0v) is 12.7. The molecule has 1 aromatic rings. The maximum absolute atomic E-state index is 9.68. The van der Waals surface area contributed by atoms with Crippen molar-refractivity contribution in [3.63, 3.8) is 0 Å². The number of nitrogens with zero attached hydrogens (tertiary/aromatic N) is 1. The third-order valence-electron chi connectivity index (χ3n) is 3.98. The van der Waals surface area contributed by atoms with Gasteiger partial charge in [-0.25, -0.2) is 0 Å². The molecule has 0 aromatic heterocycles. The molecule has 1 aromatic carbocycles. The van der Waals surface area contributed by atoms with Crippen LogP contribution >= 0.6 is 0 Å². The van der Waals surface area contributed by atoms with Gasteiger partial charge in [-0.1, -0.05) is 11.8 Å². The molecule has 114 valence electrons. The van der Waals surface area contributed by atoms with Crippen LogP contribution in [0.15, 0.2) is 18.2 Å². The Morgan fingerprint density at radius 1 is 1.48 bits per heavy atom. The SMILES string of the molecule is COc1ccc(C#CCO)cc1CN1CCC(C(C)O)C1. The second-order valence-electron chi connectivity index (χ2n) is 5.51. The van der Waals surface area contributed by atoms with Gasteiger partial charge in [0.1, 0.15) is 12.4 Å². The minimum absolute atomic E-state index is 0.135. The molecule has 1 saturated heterocycles. The average molecular weight is 289 g/mol. The van der Waals surface area contributed by atoms with Crippen molar-refractivity contribution in [3.8, 4) is 17.6 Å². The van der Waals surface area contributed by atoms with E-state index in [0.29, 0.717) is 5.92 Å². The Hall–Kier alpha value is -1.54. The first kappa shape index (κ1) is 15.8. The van der Waals surface area contributed by atoms with E-state index in [9.17, 15) is 5.11 Å². The van der Waals surface area contributed by atoms with Gasteiger partial charge in [0.2, 0.25) is 0 Å². The first-order chi connectivity index (χ1) is 10.1. The summed E-state index contributed by atoms with van der Waals surface area (Å²) in [6.07, 6.45) is 0.780. The number of aliphatic hydroxyl groups excluding tert-OH is 2. The highest BCUT2D eigenvalue weighted by Gasteiger charge is 2.26. The summed E-state index contributed by atoms with van der Waals surface area (Å²) in [4.78, 5) is 2.33. The van der Waals surface area contributed by atoms with Crippen LogP contribution in [-0.2, 0) is 6.54 Å². The minimum Gasteiger partial charge on any atom is -0.496 e. The molecule has 4 heteroatoms. The molecule has 0 aliphatic carbocycles. The van der Waals surface area contributed by atoms with Crippen molar-refractivity contribution >= 4 is 0 Å². The molecule has 2 unspecified atom stereocenters. The first-order valence-corrected chi connectivity index (χ1v) is 7.31. The van der Waals surface area contributed by atoms with Crippen molar-refractivity contribution in [2.24, 2.45) is 5.92 Å². The molecular weight excluding hydrogens is 266 g/mol. The van der Waals surface area contributed by atoms with Gasteiger partial charge in [0, 0.05) is 24.2 Å². The van der Waals surface area contributed by atoms with E-state index < -0.39 is 0 Å². The predicted octanol–water partition coefficient (Wildman–Crippen LogP) is 1.24. The smallest absolute Gasteiger partial charge is 0.123 e. The molecule has 0 amide bonds. The van der Waals surface area contributed by atoms with Gasteiger partial charge in [0.25, 0.3) is 0 Å². The largest absolute Gasteiger partial charge is 0.496 e. The quantitative estimate of drug-likeness (QED) is 0.819. The molecule has 1 aliphatic rings. The monoisotopic (exact) mass is 289 g/mol. The fourth-order valence-corrected chi connectivity index (χ4v) is 2.76. The van der Waals surface area contributed by atoms with Crippen LogP contribution in [0.4, 0.5) is 0 Å². The van der Waals surface area contributed by atoms with Gasteiger partial charge in [-0.15, -0.1) is 0 Å². The van der Waals surface area contributed by atoms with Crippen molar-refractivity contribution in [3.05, 3.63) is 29.3 Å². The van der Waals surface area contributed by atoms with E-state index in [1.54, 1.807) is 7.11 Å². The van der Waals surface area contributed by atoms with Crippen LogP contribution in [0.3, 0.4) is 0 Å². The van der Waals surface area contributed by atoms with Crippen LogP contribution in [-0.4, -0.2) is 48.0 Å². The van der Waals surface area contributed by atoms with E-state index in [1.807, 2.05) is 25.1 Å². The predicted molar refractivity (Wildman–Crippen MR) is 82.0 cm³/mol. The average Bonchev–Trinajstić information content (AvgIpc) is 2.94. The topological polar surface area (TPSA) is 52.9 Å². The number of hydrogen-bond donors (Lipinski definition) is 2. The summed E-state index contributed by atoms with van der Waals surface area (Å²) in [5.41, 5.74) is 1.97. The number of ether oxygens (including phenoxy) is 1. The third kappa shape index (κ3) is 4.21. The Labute approximate surface area is 126 Å². The zero-order chi connectivity index (χ0) is 15.2. The van der Waals surface area contributed by atoms with Gasteiger partial charge in [-0.05, 0) is 44.0 Å². The first-order valence-electron chi connectivity index (χ1n) is 7.31. The highest BCUT2D eigenvalue weighted by molar-refractivity contribution is 5.44. The highest BCUT2D eigenvalue weighted by Crippen LogP contribution is 2.26. The molecule has 2 rings (SSSR count). The van der Waals surface area contributed by atoms with Crippen molar-refractivity contribution in [2.45, 2.75) is 26.0 Å². The summed E-state index contributed by atoms with van der Waals surface area (Å²) in [7, 11) is 1.67. The van der Waals surface area contributed by atoms with Crippen molar-refractivity contribution in [1.29, 1.82) is 0 Å². The molecule has 0 bridgehead atoms. The summed E-state index contributed by atoms with van der Waals surface area (Å²) in [6, 6.07) is 5.82. The maximum Gasteiger partial charge on any atom is 0.123 e. The van der Waals surface area contributed by atoms with Crippen LogP contribution < -0.4 is 4.74 Å². The molecule has 0 radical (unpaired) electrons. The van der Waals surface area contributed by atoms with Crippen molar-refractivity contribution < 1.29 is 14.9 Å². The normalized spacial score (nSPS) is 19.9. The fourth-order valence-electron chi connectivity index (χ4n) is 2.76. The summed E-state index contributed by atoms with van der Waals surface area (Å²) >= 11 is 0.